The molecule has 1 N–H and O–H groups in total. The minimum Gasteiger partial charge on any atom is -0.452 e. The number of amides is 1. The Labute approximate surface area is 144 Å². The maximum absolute atomic E-state index is 12.0. The van der Waals surface area contributed by atoms with Gasteiger partial charge in [-0.1, -0.05) is 18.2 Å². The van der Waals surface area contributed by atoms with E-state index in [0.29, 0.717) is 11.3 Å². The van der Waals surface area contributed by atoms with Crippen molar-refractivity contribution in [3.8, 4) is 6.07 Å². The van der Waals surface area contributed by atoms with E-state index < -0.39 is 18.0 Å². The van der Waals surface area contributed by atoms with Gasteiger partial charge >= 0.3 is 5.97 Å². The highest BCUT2D eigenvalue weighted by atomic mass is 32.2. The first-order valence-corrected chi connectivity index (χ1v) is 8.25. The van der Waals surface area contributed by atoms with E-state index in [1.807, 2.05) is 36.4 Å². The predicted molar refractivity (Wildman–Crippen MR) is 92.5 cm³/mol. The van der Waals surface area contributed by atoms with Gasteiger partial charge in [0.1, 0.15) is 0 Å². The summed E-state index contributed by atoms with van der Waals surface area (Å²) in [5, 5.41) is 11.4. The number of benzene rings is 2. The number of nitrogens with zero attached hydrogens (tertiary/aromatic N) is 1. The van der Waals surface area contributed by atoms with Crippen LogP contribution in [0.3, 0.4) is 0 Å². The van der Waals surface area contributed by atoms with E-state index in [2.05, 4.69) is 5.32 Å². The monoisotopic (exact) mass is 340 g/mol. The number of thioether (sulfide) groups is 1. The molecular formula is C18H16N2O3S. The van der Waals surface area contributed by atoms with Crippen molar-refractivity contribution >= 4 is 29.3 Å². The average Bonchev–Trinajstić information content (AvgIpc) is 2.61. The molecule has 122 valence electrons. The van der Waals surface area contributed by atoms with E-state index in [1.54, 1.807) is 24.3 Å². The first-order valence-electron chi connectivity index (χ1n) is 7.27. The number of esters is 1. The SMILES string of the molecule is C[C@H](OC(=O)CSc1ccccc1)C(=O)Nc1ccc(C#N)cc1. The van der Waals surface area contributed by atoms with E-state index >= 15 is 0 Å². The minimum atomic E-state index is -0.899. The Morgan fingerprint density at radius 2 is 1.83 bits per heavy atom. The minimum absolute atomic E-state index is 0.137. The molecule has 0 aromatic heterocycles. The van der Waals surface area contributed by atoms with Gasteiger partial charge in [-0.05, 0) is 43.3 Å². The molecule has 2 aromatic carbocycles. The van der Waals surface area contributed by atoms with Crippen LogP contribution < -0.4 is 5.32 Å². The normalized spacial score (nSPS) is 11.2. The van der Waals surface area contributed by atoms with Crippen LogP contribution in [0.2, 0.25) is 0 Å². The molecule has 0 bridgehead atoms. The van der Waals surface area contributed by atoms with Gasteiger partial charge in [-0.3, -0.25) is 9.59 Å². The Hall–Kier alpha value is -2.78. The molecule has 0 saturated heterocycles. The summed E-state index contributed by atoms with van der Waals surface area (Å²) >= 11 is 1.35. The Balaban J connectivity index is 1.80. The van der Waals surface area contributed by atoms with Crippen molar-refractivity contribution < 1.29 is 14.3 Å². The summed E-state index contributed by atoms with van der Waals surface area (Å²) in [5.41, 5.74) is 1.05. The second-order valence-corrected chi connectivity index (χ2v) is 5.96. The summed E-state index contributed by atoms with van der Waals surface area (Å²) in [6.07, 6.45) is -0.899. The molecule has 1 atom stereocenters. The lowest BCUT2D eigenvalue weighted by Gasteiger charge is -2.13. The van der Waals surface area contributed by atoms with Gasteiger partial charge in [-0.25, -0.2) is 0 Å². The third-order valence-corrected chi connectivity index (χ3v) is 4.04. The van der Waals surface area contributed by atoms with E-state index in [1.165, 1.54) is 18.7 Å². The number of carbonyl (C=O) groups is 2. The summed E-state index contributed by atoms with van der Waals surface area (Å²) in [7, 11) is 0. The van der Waals surface area contributed by atoms with Gasteiger partial charge in [-0.15, -0.1) is 11.8 Å². The van der Waals surface area contributed by atoms with Crippen molar-refractivity contribution in [2.45, 2.75) is 17.9 Å². The number of ether oxygens (including phenoxy) is 1. The number of nitrogens with one attached hydrogen (secondary N) is 1. The third-order valence-electron chi connectivity index (χ3n) is 3.06. The van der Waals surface area contributed by atoms with Crippen molar-refractivity contribution in [3.63, 3.8) is 0 Å². The van der Waals surface area contributed by atoms with Gasteiger partial charge in [0, 0.05) is 10.6 Å². The topological polar surface area (TPSA) is 79.2 Å². The molecule has 2 aromatic rings. The molecule has 0 spiro atoms. The standard InChI is InChI=1S/C18H16N2O3S/c1-13(18(22)20-15-9-7-14(11-19)8-10-15)23-17(21)12-24-16-5-3-2-4-6-16/h2-10,13H,12H2,1H3,(H,20,22)/t13-/m0/s1. The van der Waals surface area contributed by atoms with Crippen molar-refractivity contribution in [1.82, 2.24) is 0 Å². The fourth-order valence-corrected chi connectivity index (χ4v) is 2.52. The van der Waals surface area contributed by atoms with E-state index in [9.17, 15) is 9.59 Å². The number of hydrogen-bond acceptors (Lipinski definition) is 5. The Bertz CT molecular complexity index is 739. The lowest BCUT2D eigenvalue weighted by molar-refractivity contribution is -0.150. The lowest BCUT2D eigenvalue weighted by atomic mass is 10.2. The Morgan fingerprint density at radius 1 is 1.17 bits per heavy atom. The zero-order chi connectivity index (χ0) is 17.4. The van der Waals surface area contributed by atoms with Gasteiger partial charge < -0.3 is 10.1 Å². The van der Waals surface area contributed by atoms with Gasteiger partial charge in [-0.2, -0.15) is 5.26 Å². The molecule has 1 amide bonds. The highest BCUT2D eigenvalue weighted by Crippen LogP contribution is 2.17. The number of anilines is 1. The van der Waals surface area contributed by atoms with Crippen LogP contribution in [0.25, 0.3) is 0 Å². The number of carbonyl (C=O) groups excluding carboxylic acids is 2. The van der Waals surface area contributed by atoms with Crippen molar-refractivity contribution in [3.05, 3.63) is 60.2 Å². The maximum Gasteiger partial charge on any atom is 0.317 e. The quantitative estimate of drug-likeness (QED) is 0.645. The Kier molecular flexibility index (Phi) is 6.41. The maximum atomic E-state index is 12.0. The third kappa shape index (κ3) is 5.45. The second-order valence-electron chi connectivity index (χ2n) is 4.91. The molecule has 0 aliphatic rings. The first-order chi connectivity index (χ1) is 11.6. The molecule has 0 aliphatic carbocycles. The zero-order valence-corrected chi connectivity index (χ0v) is 13.9. The average molecular weight is 340 g/mol. The van der Waals surface area contributed by atoms with Crippen LogP contribution in [0.1, 0.15) is 12.5 Å². The first kappa shape index (κ1) is 17.6. The van der Waals surface area contributed by atoms with Crippen LogP contribution in [0, 0.1) is 11.3 Å². The summed E-state index contributed by atoms with van der Waals surface area (Å²) in [6, 6.07) is 17.9. The molecule has 0 aliphatic heterocycles. The fraction of sp³-hybridized carbons (Fsp3) is 0.167. The molecule has 24 heavy (non-hydrogen) atoms. The van der Waals surface area contributed by atoms with Crippen LogP contribution in [0.15, 0.2) is 59.5 Å². The lowest BCUT2D eigenvalue weighted by Crippen LogP contribution is -2.30. The van der Waals surface area contributed by atoms with Crippen LogP contribution in [-0.2, 0) is 14.3 Å². The van der Waals surface area contributed by atoms with Crippen LogP contribution in [0.5, 0.6) is 0 Å². The second kappa shape index (κ2) is 8.75. The fourth-order valence-electron chi connectivity index (χ4n) is 1.82. The molecule has 0 heterocycles. The predicted octanol–water partition coefficient (Wildman–Crippen LogP) is 3.22. The molecule has 0 unspecified atom stereocenters. The highest BCUT2D eigenvalue weighted by molar-refractivity contribution is 8.00. The molecule has 6 heteroatoms. The largest absolute Gasteiger partial charge is 0.452 e. The highest BCUT2D eigenvalue weighted by Gasteiger charge is 2.18. The summed E-state index contributed by atoms with van der Waals surface area (Å²) in [5.74, 6) is -0.734. The number of rotatable bonds is 6. The zero-order valence-electron chi connectivity index (χ0n) is 13.1. The molecule has 2 rings (SSSR count). The van der Waals surface area contributed by atoms with Crippen LogP contribution in [-0.4, -0.2) is 23.7 Å². The van der Waals surface area contributed by atoms with E-state index in [4.69, 9.17) is 10.00 Å². The Morgan fingerprint density at radius 3 is 2.46 bits per heavy atom. The number of hydrogen-bond donors (Lipinski definition) is 1. The number of nitriles is 1. The van der Waals surface area contributed by atoms with E-state index in [0.717, 1.165) is 4.90 Å². The van der Waals surface area contributed by atoms with E-state index in [-0.39, 0.29) is 5.75 Å². The van der Waals surface area contributed by atoms with Crippen LogP contribution >= 0.6 is 11.8 Å². The van der Waals surface area contributed by atoms with Crippen molar-refractivity contribution in [2.24, 2.45) is 0 Å². The molecular weight excluding hydrogens is 324 g/mol. The van der Waals surface area contributed by atoms with Gasteiger partial charge in [0.2, 0.25) is 0 Å². The summed E-state index contributed by atoms with van der Waals surface area (Å²) in [4.78, 5) is 24.8. The molecule has 0 fully saturated rings. The van der Waals surface area contributed by atoms with Crippen molar-refractivity contribution in [1.29, 1.82) is 5.26 Å². The van der Waals surface area contributed by atoms with Gasteiger partial charge in [0.05, 0.1) is 17.4 Å². The molecule has 0 saturated carbocycles. The summed E-state index contributed by atoms with van der Waals surface area (Å²) < 4.78 is 5.13. The van der Waals surface area contributed by atoms with Crippen molar-refractivity contribution in [2.75, 3.05) is 11.1 Å². The molecule has 5 nitrogen and oxygen atoms in total. The summed E-state index contributed by atoms with van der Waals surface area (Å²) in [6.45, 7) is 1.52. The molecule has 0 radical (unpaired) electrons. The van der Waals surface area contributed by atoms with Gasteiger partial charge in [0.25, 0.3) is 5.91 Å². The smallest absolute Gasteiger partial charge is 0.317 e. The van der Waals surface area contributed by atoms with Crippen LogP contribution in [0.4, 0.5) is 5.69 Å². The van der Waals surface area contributed by atoms with Gasteiger partial charge in [0.15, 0.2) is 6.10 Å².